The second-order valence-corrected chi connectivity index (χ2v) is 5.39. The van der Waals surface area contributed by atoms with Gasteiger partial charge < -0.3 is 9.15 Å². The molecule has 5 heteroatoms. The van der Waals surface area contributed by atoms with Crippen LogP contribution in [0.25, 0.3) is 23.3 Å². The zero-order valence-corrected chi connectivity index (χ0v) is 13.1. The Balaban J connectivity index is 1.75. The van der Waals surface area contributed by atoms with E-state index in [2.05, 4.69) is 4.98 Å². The summed E-state index contributed by atoms with van der Waals surface area (Å²) in [7, 11) is 0. The van der Waals surface area contributed by atoms with Crippen molar-refractivity contribution in [3.8, 4) is 11.8 Å². The van der Waals surface area contributed by atoms with E-state index in [1.54, 1.807) is 31.2 Å². The minimum atomic E-state index is -0.469. The van der Waals surface area contributed by atoms with Crippen LogP contribution in [0.15, 0.2) is 46.9 Å². The third-order valence-electron chi connectivity index (χ3n) is 3.16. The summed E-state index contributed by atoms with van der Waals surface area (Å²) in [6, 6.07) is 14.8. The largest absolute Gasteiger partial charge is 0.476 e. The van der Waals surface area contributed by atoms with Gasteiger partial charge in [0.1, 0.15) is 17.3 Å². The van der Waals surface area contributed by atoms with Gasteiger partial charge in [0.15, 0.2) is 11.7 Å². The highest BCUT2D eigenvalue weighted by molar-refractivity contribution is 6.31. The number of rotatable bonds is 4. The zero-order valence-electron chi connectivity index (χ0n) is 12.4. The van der Waals surface area contributed by atoms with Crippen molar-refractivity contribution in [3.63, 3.8) is 0 Å². The molecule has 0 spiro atoms. The molecule has 1 atom stereocenters. The molecule has 1 unspecified atom stereocenters. The fourth-order valence-electron chi connectivity index (χ4n) is 2.05. The van der Waals surface area contributed by atoms with Gasteiger partial charge in [0, 0.05) is 11.1 Å². The van der Waals surface area contributed by atoms with E-state index in [0.717, 1.165) is 11.1 Å². The monoisotopic (exact) mass is 324 g/mol. The summed E-state index contributed by atoms with van der Waals surface area (Å²) in [4.78, 5) is 4.36. The van der Waals surface area contributed by atoms with Crippen molar-refractivity contribution in [2.24, 2.45) is 0 Å². The van der Waals surface area contributed by atoms with Crippen molar-refractivity contribution in [2.45, 2.75) is 13.0 Å². The Hall–Kier alpha value is -2.77. The van der Waals surface area contributed by atoms with Gasteiger partial charge in [-0.05, 0) is 48.9 Å². The molecule has 0 saturated carbocycles. The summed E-state index contributed by atoms with van der Waals surface area (Å²) < 4.78 is 11.0. The Kier molecular flexibility index (Phi) is 4.31. The summed E-state index contributed by atoms with van der Waals surface area (Å²) in [5, 5.41) is 9.35. The Labute approximate surface area is 138 Å². The van der Waals surface area contributed by atoms with Crippen LogP contribution in [0.5, 0.6) is 5.75 Å². The van der Waals surface area contributed by atoms with Crippen LogP contribution in [0.2, 0.25) is 5.02 Å². The molecule has 0 radical (unpaired) electrons. The Bertz CT molecular complexity index is 892. The number of hydrogen-bond acceptors (Lipinski definition) is 4. The normalized spacial score (nSPS) is 12.4. The van der Waals surface area contributed by atoms with Gasteiger partial charge in [-0.15, -0.1) is 0 Å². The molecular formula is C18H13ClN2O2. The summed E-state index contributed by atoms with van der Waals surface area (Å²) in [5.74, 6) is 1.17. The molecule has 0 saturated heterocycles. The zero-order chi connectivity index (χ0) is 16.2. The van der Waals surface area contributed by atoms with Gasteiger partial charge in [0.05, 0.1) is 0 Å². The van der Waals surface area contributed by atoms with Crippen molar-refractivity contribution in [1.82, 2.24) is 4.98 Å². The summed E-state index contributed by atoms with van der Waals surface area (Å²) in [5.41, 5.74) is 2.40. The number of nitrogens with zero attached hydrogens (tertiary/aromatic N) is 2. The predicted octanol–water partition coefficient (Wildman–Crippen LogP) is 4.94. The highest BCUT2D eigenvalue weighted by Crippen LogP contribution is 2.21. The van der Waals surface area contributed by atoms with Crippen LogP contribution in [0.4, 0.5) is 0 Å². The highest BCUT2D eigenvalue weighted by Gasteiger charge is 2.04. The van der Waals surface area contributed by atoms with E-state index in [0.29, 0.717) is 22.2 Å². The van der Waals surface area contributed by atoms with Crippen molar-refractivity contribution in [1.29, 1.82) is 5.26 Å². The first kappa shape index (κ1) is 15.1. The Morgan fingerprint density at radius 3 is 2.74 bits per heavy atom. The number of nitriles is 1. The van der Waals surface area contributed by atoms with Crippen molar-refractivity contribution in [3.05, 3.63) is 58.9 Å². The number of ether oxygens (including phenoxy) is 1. The summed E-state index contributed by atoms with van der Waals surface area (Å²) in [6.07, 6.45) is 3.22. The molecule has 23 heavy (non-hydrogen) atoms. The van der Waals surface area contributed by atoms with E-state index in [4.69, 9.17) is 26.0 Å². The van der Waals surface area contributed by atoms with Gasteiger partial charge in [0.25, 0.3) is 0 Å². The average molecular weight is 325 g/mol. The van der Waals surface area contributed by atoms with Gasteiger partial charge in [-0.3, -0.25) is 0 Å². The fourth-order valence-corrected chi connectivity index (χ4v) is 2.21. The number of hydrogen-bond donors (Lipinski definition) is 0. The quantitative estimate of drug-likeness (QED) is 0.681. The molecule has 1 aromatic heterocycles. The van der Waals surface area contributed by atoms with E-state index in [9.17, 15) is 0 Å². The lowest BCUT2D eigenvalue weighted by Crippen LogP contribution is -2.07. The van der Waals surface area contributed by atoms with E-state index in [1.165, 1.54) is 0 Å². The lowest BCUT2D eigenvalue weighted by Gasteiger charge is -2.07. The molecule has 114 valence electrons. The second kappa shape index (κ2) is 6.55. The molecule has 0 aliphatic heterocycles. The van der Waals surface area contributed by atoms with Gasteiger partial charge in [-0.1, -0.05) is 23.7 Å². The minimum Gasteiger partial charge on any atom is -0.476 e. The molecule has 0 amide bonds. The van der Waals surface area contributed by atoms with Crippen molar-refractivity contribution in [2.75, 3.05) is 0 Å². The molecule has 2 aromatic carbocycles. The molecule has 0 fully saturated rings. The first-order chi connectivity index (χ1) is 11.1. The number of benzene rings is 2. The molecule has 0 bridgehead atoms. The van der Waals surface area contributed by atoms with Crippen LogP contribution in [0.3, 0.4) is 0 Å². The second-order valence-electron chi connectivity index (χ2n) is 4.96. The van der Waals surface area contributed by atoms with Crippen LogP contribution < -0.4 is 4.74 Å². The Morgan fingerprint density at radius 2 is 2.00 bits per heavy atom. The van der Waals surface area contributed by atoms with E-state index < -0.39 is 6.10 Å². The topological polar surface area (TPSA) is 59.0 Å². The van der Waals surface area contributed by atoms with Gasteiger partial charge >= 0.3 is 0 Å². The van der Waals surface area contributed by atoms with E-state index in [1.807, 2.05) is 36.4 Å². The molecule has 1 heterocycles. The summed E-state index contributed by atoms with van der Waals surface area (Å²) >= 11 is 5.93. The molecule has 3 rings (SSSR count). The molecule has 0 N–H and O–H groups in total. The first-order valence-electron chi connectivity index (χ1n) is 7.04. The third kappa shape index (κ3) is 3.71. The third-order valence-corrected chi connectivity index (χ3v) is 3.39. The lowest BCUT2D eigenvalue weighted by molar-refractivity contribution is 0.276. The molecule has 4 nitrogen and oxygen atoms in total. The SMILES string of the molecule is CC(C#N)Oc1ccc(/C=C/c2nc3cc(Cl)ccc3o2)cc1. The maximum Gasteiger partial charge on any atom is 0.220 e. The van der Waals surface area contributed by atoms with Gasteiger partial charge in [0.2, 0.25) is 5.89 Å². The van der Waals surface area contributed by atoms with Crippen LogP contribution in [0, 0.1) is 11.3 Å². The van der Waals surface area contributed by atoms with Crippen molar-refractivity contribution >= 4 is 34.9 Å². The van der Waals surface area contributed by atoms with Gasteiger partial charge in [-0.25, -0.2) is 4.98 Å². The first-order valence-corrected chi connectivity index (χ1v) is 7.42. The smallest absolute Gasteiger partial charge is 0.220 e. The number of halogens is 1. The summed E-state index contributed by atoms with van der Waals surface area (Å²) in [6.45, 7) is 1.70. The van der Waals surface area contributed by atoms with Gasteiger partial charge in [-0.2, -0.15) is 5.26 Å². The van der Waals surface area contributed by atoms with E-state index in [-0.39, 0.29) is 0 Å². The number of fused-ring (bicyclic) bond motifs is 1. The van der Waals surface area contributed by atoms with Crippen LogP contribution in [-0.2, 0) is 0 Å². The lowest BCUT2D eigenvalue weighted by atomic mass is 10.2. The van der Waals surface area contributed by atoms with E-state index >= 15 is 0 Å². The number of oxazole rings is 1. The molecule has 0 aliphatic rings. The fraction of sp³-hybridized carbons (Fsp3) is 0.111. The number of aromatic nitrogens is 1. The van der Waals surface area contributed by atoms with Crippen LogP contribution >= 0.6 is 11.6 Å². The minimum absolute atomic E-state index is 0.469. The standard InChI is InChI=1S/C18H13ClN2O2/c1-12(11-20)22-15-6-2-13(3-7-15)4-9-18-21-16-10-14(19)5-8-17(16)23-18/h2-10,12H,1H3/b9-4+. The highest BCUT2D eigenvalue weighted by atomic mass is 35.5. The maximum absolute atomic E-state index is 8.73. The van der Waals surface area contributed by atoms with Crippen LogP contribution in [-0.4, -0.2) is 11.1 Å². The van der Waals surface area contributed by atoms with Crippen LogP contribution in [0.1, 0.15) is 18.4 Å². The molecular weight excluding hydrogens is 312 g/mol. The molecule has 3 aromatic rings. The maximum atomic E-state index is 8.73. The Morgan fingerprint density at radius 1 is 1.22 bits per heavy atom. The predicted molar refractivity (Wildman–Crippen MR) is 90.1 cm³/mol. The average Bonchev–Trinajstić information content (AvgIpc) is 2.96. The van der Waals surface area contributed by atoms with Crippen molar-refractivity contribution < 1.29 is 9.15 Å². The molecule has 0 aliphatic carbocycles.